The van der Waals surface area contributed by atoms with E-state index >= 15 is 0 Å². The Labute approximate surface area is 113 Å². The first-order valence-electron chi connectivity index (χ1n) is 7.19. The van der Waals surface area contributed by atoms with Crippen LogP contribution in [-0.2, 0) is 9.59 Å². The van der Waals surface area contributed by atoms with Crippen molar-refractivity contribution in [3.05, 3.63) is 0 Å². The van der Waals surface area contributed by atoms with E-state index in [-0.39, 0.29) is 17.9 Å². The molecule has 2 fully saturated rings. The number of rotatable bonds is 5. The van der Waals surface area contributed by atoms with Gasteiger partial charge in [0.2, 0.25) is 5.91 Å². The lowest BCUT2D eigenvalue weighted by Crippen LogP contribution is -2.52. The second-order valence-electron chi connectivity index (χ2n) is 6.47. The van der Waals surface area contributed by atoms with E-state index in [1.807, 2.05) is 13.8 Å². The van der Waals surface area contributed by atoms with E-state index in [1.54, 1.807) is 0 Å². The van der Waals surface area contributed by atoms with Crippen LogP contribution in [0.2, 0.25) is 0 Å². The van der Waals surface area contributed by atoms with E-state index in [2.05, 4.69) is 5.32 Å². The number of carboxylic acid groups (broad SMARTS) is 1. The first-order valence-corrected chi connectivity index (χ1v) is 7.19. The molecule has 0 aliphatic heterocycles. The zero-order valence-electron chi connectivity index (χ0n) is 11.6. The van der Waals surface area contributed by atoms with E-state index in [4.69, 9.17) is 5.73 Å². The predicted octanol–water partition coefficient (Wildman–Crippen LogP) is 0.975. The van der Waals surface area contributed by atoms with Gasteiger partial charge in [0.05, 0.1) is 12.0 Å². The molecule has 2 bridgehead atoms. The number of aliphatic carboxylic acids is 1. The minimum atomic E-state index is -0.782. The Morgan fingerprint density at radius 3 is 2.53 bits per heavy atom. The van der Waals surface area contributed by atoms with Crippen LogP contribution in [0.1, 0.15) is 39.5 Å². The average molecular weight is 268 g/mol. The molecular formula is C14H24N2O3. The number of carbonyl (C=O) groups is 2. The Hall–Kier alpha value is -1.10. The van der Waals surface area contributed by atoms with Crippen LogP contribution in [0.3, 0.4) is 0 Å². The van der Waals surface area contributed by atoms with Crippen LogP contribution in [-0.4, -0.2) is 29.1 Å². The molecule has 5 heteroatoms. The van der Waals surface area contributed by atoms with Crippen molar-refractivity contribution in [3.63, 3.8) is 0 Å². The molecule has 1 amide bonds. The van der Waals surface area contributed by atoms with Gasteiger partial charge in [-0.15, -0.1) is 0 Å². The number of hydrogen-bond donors (Lipinski definition) is 3. The third kappa shape index (κ3) is 2.91. The molecule has 108 valence electrons. The summed E-state index contributed by atoms with van der Waals surface area (Å²) >= 11 is 0. The number of amides is 1. The first-order chi connectivity index (χ1) is 8.90. The van der Waals surface area contributed by atoms with E-state index in [0.717, 1.165) is 19.3 Å². The van der Waals surface area contributed by atoms with Gasteiger partial charge in [-0.3, -0.25) is 9.59 Å². The molecule has 2 aliphatic carbocycles. The third-order valence-corrected chi connectivity index (χ3v) is 4.57. The second kappa shape index (κ2) is 5.49. The van der Waals surface area contributed by atoms with Gasteiger partial charge >= 0.3 is 5.97 Å². The van der Waals surface area contributed by atoms with E-state index in [9.17, 15) is 14.7 Å². The maximum atomic E-state index is 12.0. The summed E-state index contributed by atoms with van der Waals surface area (Å²) in [6.45, 7) is 4.04. The number of nitrogens with two attached hydrogens (primary N) is 1. The largest absolute Gasteiger partial charge is 0.481 e. The fourth-order valence-corrected chi connectivity index (χ4v) is 3.74. The predicted molar refractivity (Wildman–Crippen MR) is 71.3 cm³/mol. The number of fused-ring (bicyclic) bond motifs is 2. The Morgan fingerprint density at radius 1 is 1.32 bits per heavy atom. The molecular weight excluding hydrogens is 244 g/mol. The normalized spacial score (nSPS) is 34.5. The van der Waals surface area contributed by atoms with Crippen LogP contribution in [0, 0.1) is 23.7 Å². The summed E-state index contributed by atoms with van der Waals surface area (Å²) in [6, 6.07) is -0.754. The van der Waals surface area contributed by atoms with Crippen LogP contribution < -0.4 is 11.1 Å². The van der Waals surface area contributed by atoms with Crippen LogP contribution >= 0.6 is 0 Å². The van der Waals surface area contributed by atoms with Crippen molar-refractivity contribution in [2.75, 3.05) is 0 Å². The van der Waals surface area contributed by atoms with E-state index < -0.39 is 17.9 Å². The molecule has 0 heterocycles. The third-order valence-electron chi connectivity index (χ3n) is 4.57. The lowest BCUT2D eigenvalue weighted by molar-refractivity contribution is -0.144. The number of nitrogens with one attached hydrogen (secondary N) is 1. The van der Waals surface area contributed by atoms with Crippen LogP contribution in [0.5, 0.6) is 0 Å². The maximum Gasteiger partial charge on any atom is 0.308 e. The van der Waals surface area contributed by atoms with Gasteiger partial charge in [-0.25, -0.2) is 0 Å². The monoisotopic (exact) mass is 268 g/mol. The highest BCUT2D eigenvalue weighted by atomic mass is 16.4. The van der Waals surface area contributed by atoms with Gasteiger partial charge in [-0.05, 0) is 43.4 Å². The smallest absolute Gasteiger partial charge is 0.308 e. The standard InChI is InChI=1S/C14H24N2O3/c1-7(2)5-10(15)13(17)16-12-9-4-3-8(6-9)11(12)14(18)19/h7-12H,3-6,15H2,1-2H3,(H,16,17)(H,18,19)/t8?,9?,10-,11?,12?/m1/s1. The van der Waals surface area contributed by atoms with Gasteiger partial charge in [-0.1, -0.05) is 13.8 Å². The highest BCUT2D eigenvalue weighted by Gasteiger charge is 2.51. The second-order valence-corrected chi connectivity index (χ2v) is 6.47. The summed E-state index contributed by atoms with van der Waals surface area (Å²) in [4.78, 5) is 23.4. The zero-order chi connectivity index (χ0) is 14.2. The molecule has 2 rings (SSSR count). The highest BCUT2D eigenvalue weighted by Crippen LogP contribution is 2.48. The molecule has 5 nitrogen and oxygen atoms in total. The molecule has 5 atom stereocenters. The van der Waals surface area contributed by atoms with Crippen LogP contribution in [0.25, 0.3) is 0 Å². The average Bonchev–Trinajstić information content (AvgIpc) is 2.87. The number of carboxylic acids is 1. The first kappa shape index (κ1) is 14.3. The molecule has 4 N–H and O–H groups in total. The Morgan fingerprint density at radius 2 is 1.95 bits per heavy atom. The fourth-order valence-electron chi connectivity index (χ4n) is 3.74. The van der Waals surface area contributed by atoms with Gasteiger partial charge < -0.3 is 16.2 Å². The Kier molecular flexibility index (Phi) is 4.13. The molecule has 0 aromatic rings. The summed E-state index contributed by atoms with van der Waals surface area (Å²) in [7, 11) is 0. The summed E-state index contributed by atoms with van der Waals surface area (Å²) in [5, 5.41) is 12.2. The van der Waals surface area contributed by atoms with Crippen molar-refractivity contribution in [2.24, 2.45) is 29.4 Å². The maximum absolute atomic E-state index is 12.0. The molecule has 0 saturated heterocycles. The topological polar surface area (TPSA) is 92.4 Å². The summed E-state index contributed by atoms with van der Waals surface area (Å²) in [5.41, 5.74) is 5.86. The van der Waals surface area contributed by atoms with Crippen molar-refractivity contribution >= 4 is 11.9 Å². The molecule has 2 aliphatic rings. The summed E-state index contributed by atoms with van der Waals surface area (Å²) in [5.74, 6) is -0.493. The molecule has 0 aromatic heterocycles. The Bertz CT molecular complexity index is 370. The lowest BCUT2D eigenvalue weighted by atomic mass is 9.84. The highest BCUT2D eigenvalue weighted by molar-refractivity contribution is 5.83. The zero-order valence-corrected chi connectivity index (χ0v) is 11.6. The van der Waals surface area contributed by atoms with Crippen LogP contribution in [0.4, 0.5) is 0 Å². The van der Waals surface area contributed by atoms with Crippen molar-refractivity contribution in [2.45, 2.75) is 51.6 Å². The summed E-state index contributed by atoms with van der Waals surface area (Å²) < 4.78 is 0. The molecule has 0 aromatic carbocycles. The van der Waals surface area contributed by atoms with Gasteiger partial charge in [0.15, 0.2) is 0 Å². The van der Waals surface area contributed by atoms with Gasteiger partial charge in [0.25, 0.3) is 0 Å². The SMILES string of the molecule is CC(C)C[C@@H](N)C(=O)NC1C2CCC(C2)C1C(=O)O. The molecule has 19 heavy (non-hydrogen) atoms. The van der Waals surface area contributed by atoms with E-state index in [1.165, 1.54) is 0 Å². The molecule has 0 spiro atoms. The molecule has 4 unspecified atom stereocenters. The minimum absolute atomic E-state index is 0.197. The number of hydrogen-bond acceptors (Lipinski definition) is 3. The van der Waals surface area contributed by atoms with Crippen molar-refractivity contribution in [3.8, 4) is 0 Å². The minimum Gasteiger partial charge on any atom is -0.481 e. The fraction of sp³-hybridized carbons (Fsp3) is 0.857. The van der Waals surface area contributed by atoms with E-state index in [0.29, 0.717) is 18.3 Å². The molecule has 0 radical (unpaired) electrons. The number of carbonyl (C=O) groups excluding carboxylic acids is 1. The quantitative estimate of drug-likeness (QED) is 0.693. The van der Waals surface area contributed by atoms with Crippen molar-refractivity contribution in [1.82, 2.24) is 5.32 Å². The van der Waals surface area contributed by atoms with Crippen LogP contribution in [0.15, 0.2) is 0 Å². The van der Waals surface area contributed by atoms with Crippen molar-refractivity contribution < 1.29 is 14.7 Å². The summed E-state index contributed by atoms with van der Waals surface area (Å²) in [6.07, 6.45) is 3.57. The Balaban J connectivity index is 1.98. The van der Waals surface area contributed by atoms with Gasteiger partial charge in [-0.2, -0.15) is 0 Å². The lowest BCUT2D eigenvalue weighted by Gasteiger charge is -2.30. The van der Waals surface area contributed by atoms with Gasteiger partial charge in [0, 0.05) is 6.04 Å². The molecule has 2 saturated carbocycles. The van der Waals surface area contributed by atoms with Gasteiger partial charge in [0.1, 0.15) is 0 Å². The van der Waals surface area contributed by atoms with Crippen molar-refractivity contribution in [1.29, 1.82) is 0 Å².